The Bertz CT molecular complexity index is 1090. The molecule has 0 aromatic heterocycles. The van der Waals surface area contributed by atoms with Gasteiger partial charge in [-0.15, -0.1) is 0 Å². The molecule has 0 saturated carbocycles. The predicted molar refractivity (Wildman–Crippen MR) is 116 cm³/mol. The molecule has 5 N–H and O–H groups in total. The molecule has 3 aromatic carbocycles. The van der Waals surface area contributed by atoms with Crippen LogP contribution in [0.3, 0.4) is 0 Å². The Balaban J connectivity index is 1.74. The lowest BCUT2D eigenvalue weighted by Gasteiger charge is -2.18. The van der Waals surface area contributed by atoms with Crippen molar-refractivity contribution in [2.75, 3.05) is 10.6 Å². The molecule has 3 rings (SSSR count). The molecule has 8 heteroatoms. The molecule has 8 nitrogen and oxygen atoms in total. The molecule has 31 heavy (non-hydrogen) atoms. The smallest absolute Gasteiger partial charge is 0.316 e. The summed E-state index contributed by atoms with van der Waals surface area (Å²) in [4.78, 5) is 34.8. The van der Waals surface area contributed by atoms with Gasteiger partial charge in [-0.3, -0.25) is 9.59 Å². The Morgan fingerprint density at radius 2 is 1.55 bits per heavy atom. The van der Waals surface area contributed by atoms with E-state index in [1.165, 1.54) is 6.07 Å². The largest absolute Gasteiger partial charge is 0.485 e. The van der Waals surface area contributed by atoms with E-state index >= 15 is 0 Å². The van der Waals surface area contributed by atoms with E-state index in [1.54, 1.807) is 54.6 Å². The molecule has 0 spiro atoms. The number of hydrogen-bond acceptors (Lipinski definition) is 4. The molecular formula is C23H21N3O5. The zero-order chi connectivity index (χ0) is 22.2. The fourth-order valence-electron chi connectivity index (χ4n) is 2.95. The normalized spacial score (nSPS) is 11.2. The van der Waals surface area contributed by atoms with Crippen LogP contribution < -0.4 is 21.1 Å². The number of nitrogens with two attached hydrogens (primary N) is 1. The molecule has 0 aliphatic carbocycles. The third-order valence-electron chi connectivity index (χ3n) is 4.29. The number of aliphatic carboxylic acids is 1. The number of amides is 3. The number of anilines is 2. The van der Waals surface area contributed by atoms with Gasteiger partial charge in [-0.2, -0.15) is 0 Å². The van der Waals surface area contributed by atoms with E-state index in [9.17, 15) is 19.5 Å². The molecule has 3 amide bonds. The minimum Gasteiger partial charge on any atom is -0.485 e. The highest BCUT2D eigenvalue weighted by Crippen LogP contribution is 2.27. The summed E-state index contributed by atoms with van der Waals surface area (Å²) in [5.41, 5.74) is 7.03. The quantitative estimate of drug-likeness (QED) is 0.438. The Morgan fingerprint density at radius 3 is 2.23 bits per heavy atom. The molecule has 0 aliphatic heterocycles. The topological polar surface area (TPSA) is 131 Å². The van der Waals surface area contributed by atoms with Crippen LogP contribution in [-0.2, 0) is 4.79 Å². The van der Waals surface area contributed by atoms with E-state index in [1.807, 2.05) is 18.2 Å². The van der Waals surface area contributed by atoms with Crippen molar-refractivity contribution < 1.29 is 24.2 Å². The van der Waals surface area contributed by atoms with Gasteiger partial charge >= 0.3 is 12.0 Å². The predicted octanol–water partition coefficient (Wildman–Crippen LogP) is 4.02. The highest BCUT2D eigenvalue weighted by Gasteiger charge is 2.18. The number of carboxylic acids is 1. The molecule has 0 heterocycles. The maximum absolute atomic E-state index is 12.6. The van der Waals surface area contributed by atoms with E-state index in [0.29, 0.717) is 22.7 Å². The van der Waals surface area contributed by atoms with Gasteiger partial charge in [0, 0.05) is 23.0 Å². The second-order valence-electron chi connectivity index (χ2n) is 6.67. The number of benzene rings is 3. The average Bonchev–Trinajstić information content (AvgIpc) is 2.73. The van der Waals surface area contributed by atoms with Crippen molar-refractivity contribution >= 4 is 29.3 Å². The van der Waals surface area contributed by atoms with Crippen LogP contribution in [0.2, 0.25) is 0 Å². The Hall–Kier alpha value is -4.33. The van der Waals surface area contributed by atoms with Crippen molar-refractivity contribution in [3.8, 4) is 5.75 Å². The van der Waals surface area contributed by atoms with Gasteiger partial charge in [0.15, 0.2) is 0 Å². The van der Waals surface area contributed by atoms with Crippen LogP contribution >= 0.6 is 0 Å². The van der Waals surface area contributed by atoms with Crippen LogP contribution in [0.1, 0.15) is 28.4 Å². The van der Waals surface area contributed by atoms with Crippen LogP contribution in [0.25, 0.3) is 0 Å². The lowest BCUT2D eigenvalue weighted by Crippen LogP contribution is -2.19. The van der Waals surface area contributed by atoms with Crippen molar-refractivity contribution in [1.29, 1.82) is 0 Å². The summed E-state index contributed by atoms with van der Waals surface area (Å²) in [5, 5.41) is 14.4. The molecule has 3 aromatic rings. The molecular weight excluding hydrogens is 398 g/mol. The highest BCUT2D eigenvalue weighted by atomic mass is 16.5. The first-order chi connectivity index (χ1) is 14.9. The van der Waals surface area contributed by atoms with Crippen molar-refractivity contribution in [2.45, 2.75) is 12.5 Å². The molecule has 158 valence electrons. The fourth-order valence-corrected chi connectivity index (χ4v) is 2.95. The average molecular weight is 419 g/mol. The number of nitrogens with one attached hydrogen (secondary N) is 2. The zero-order valence-corrected chi connectivity index (χ0v) is 16.4. The minimum absolute atomic E-state index is 0.208. The van der Waals surface area contributed by atoms with E-state index in [2.05, 4.69) is 10.6 Å². The van der Waals surface area contributed by atoms with E-state index in [0.717, 1.165) is 5.56 Å². The van der Waals surface area contributed by atoms with E-state index < -0.39 is 24.0 Å². The molecule has 0 fully saturated rings. The van der Waals surface area contributed by atoms with Gasteiger partial charge in [0.2, 0.25) is 0 Å². The van der Waals surface area contributed by atoms with Gasteiger partial charge in [-0.05, 0) is 35.9 Å². The number of carboxylic acid groups (broad SMARTS) is 1. The Morgan fingerprint density at radius 1 is 0.871 bits per heavy atom. The highest BCUT2D eigenvalue weighted by molar-refractivity contribution is 6.05. The Labute approximate surface area is 178 Å². The first-order valence-electron chi connectivity index (χ1n) is 9.42. The first kappa shape index (κ1) is 21.4. The summed E-state index contributed by atoms with van der Waals surface area (Å²) in [6.45, 7) is 0. The molecule has 0 radical (unpaired) electrons. The standard InChI is InChI=1S/C23H21N3O5/c24-23(30)26-17-9-4-8-16(12-17)22(29)25-18-10-5-11-19(13-18)31-20(14-21(27)28)15-6-2-1-3-7-15/h1-13,20H,14H2,(H,25,29)(H,27,28)(H3,24,26,30). The molecule has 0 bridgehead atoms. The molecule has 0 aliphatic rings. The first-order valence-corrected chi connectivity index (χ1v) is 9.42. The zero-order valence-electron chi connectivity index (χ0n) is 16.4. The summed E-state index contributed by atoms with van der Waals surface area (Å²) in [6.07, 6.45) is -0.888. The monoisotopic (exact) mass is 419 g/mol. The SMILES string of the molecule is NC(=O)Nc1cccc(C(=O)Nc2cccc(OC(CC(=O)O)c3ccccc3)c2)c1. The minimum atomic E-state index is -0.984. The number of carbonyl (C=O) groups excluding carboxylic acids is 2. The van der Waals surface area contributed by atoms with E-state index in [-0.39, 0.29) is 6.42 Å². The van der Waals surface area contributed by atoms with Crippen LogP contribution in [0, 0.1) is 0 Å². The summed E-state index contributed by atoms with van der Waals surface area (Å²) in [6, 6.07) is 21.3. The van der Waals surface area contributed by atoms with Crippen molar-refractivity contribution in [3.63, 3.8) is 0 Å². The van der Waals surface area contributed by atoms with Crippen molar-refractivity contribution in [1.82, 2.24) is 0 Å². The summed E-state index contributed by atoms with van der Waals surface area (Å²) in [5.74, 6) is -0.963. The number of rotatable bonds is 8. The van der Waals surface area contributed by atoms with Crippen LogP contribution in [0.5, 0.6) is 5.75 Å². The van der Waals surface area contributed by atoms with Crippen LogP contribution in [-0.4, -0.2) is 23.0 Å². The number of primary amides is 1. The maximum Gasteiger partial charge on any atom is 0.316 e. The van der Waals surface area contributed by atoms with Gasteiger partial charge in [-0.1, -0.05) is 42.5 Å². The summed E-state index contributed by atoms with van der Waals surface area (Å²) in [7, 11) is 0. The molecule has 1 unspecified atom stereocenters. The van der Waals surface area contributed by atoms with Gasteiger partial charge in [0.25, 0.3) is 5.91 Å². The third-order valence-corrected chi connectivity index (χ3v) is 4.29. The maximum atomic E-state index is 12.6. The van der Waals surface area contributed by atoms with Crippen LogP contribution in [0.4, 0.5) is 16.2 Å². The lowest BCUT2D eigenvalue weighted by atomic mass is 10.1. The van der Waals surface area contributed by atoms with Gasteiger partial charge in [-0.25, -0.2) is 4.79 Å². The number of ether oxygens (including phenoxy) is 1. The molecule has 1 atom stereocenters. The lowest BCUT2D eigenvalue weighted by molar-refractivity contribution is -0.138. The van der Waals surface area contributed by atoms with Crippen LogP contribution in [0.15, 0.2) is 78.9 Å². The van der Waals surface area contributed by atoms with Crippen molar-refractivity contribution in [3.05, 3.63) is 90.0 Å². The second-order valence-corrected chi connectivity index (χ2v) is 6.67. The third kappa shape index (κ3) is 6.33. The van der Waals surface area contributed by atoms with Crippen molar-refractivity contribution in [2.24, 2.45) is 5.73 Å². The number of hydrogen-bond donors (Lipinski definition) is 4. The summed E-state index contributed by atoms with van der Waals surface area (Å²) >= 11 is 0. The molecule has 0 saturated heterocycles. The summed E-state index contributed by atoms with van der Waals surface area (Å²) < 4.78 is 5.91. The number of carbonyl (C=O) groups is 3. The van der Waals surface area contributed by atoms with E-state index in [4.69, 9.17) is 10.5 Å². The van der Waals surface area contributed by atoms with Gasteiger partial charge < -0.3 is 26.2 Å². The van der Waals surface area contributed by atoms with Gasteiger partial charge in [0.05, 0.1) is 6.42 Å². The van der Waals surface area contributed by atoms with Gasteiger partial charge in [0.1, 0.15) is 11.9 Å². The second kappa shape index (κ2) is 9.93. The Kier molecular flexibility index (Phi) is 6.85. The fraction of sp³-hybridized carbons (Fsp3) is 0.0870. The number of urea groups is 1.